The van der Waals surface area contributed by atoms with Crippen LogP contribution in [-0.4, -0.2) is 21.5 Å². The number of hydrogen-bond acceptors (Lipinski definition) is 4. The molecule has 0 fully saturated rings. The monoisotopic (exact) mass is 432 g/mol. The van der Waals surface area contributed by atoms with Gasteiger partial charge in [-0.25, -0.2) is 4.68 Å². The number of aryl methyl sites for hydroxylation is 1. The average molecular weight is 433 g/mol. The van der Waals surface area contributed by atoms with Crippen LogP contribution in [0.25, 0.3) is 0 Å². The average Bonchev–Trinajstić information content (AvgIpc) is 3.18. The van der Waals surface area contributed by atoms with Crippen LogP contribution in [0.2, 0.25) is 5.02 Å². The Hall–Kier alpha value is -3.38. The van der Waals surface area contributed by atoms with Gasteiger partial charge in [0.05, 0.1) is 6.20 Å². The van der Waals surface area contributed by atoms with Crippen molar-refractivity contribution in [1.29, 1.82) is 0 Å². The lowest BCUT2D eigenvalue weighted by atomic mass is 9.85. The van der Waals surface area contributed by atoms with Crippen LogP contribution < -0.4 is 10.6 Å². The molecule has 1 aliphatic heterocycles. The van der Waals surface area contributed by atoms with E-state index in [9.17, 15) is 9.59 Å². The van der Waals surface area contributed by atoms with Gasteiger partial charge in [-0.15, -0.1) is 0 Å². The second-order valence-electron chi connectivity index (χ2n) is 7.92. The highest BCUT2D eigenvalue weighted by atomic mass is 35.5. The molecule has 0 saturated heterocycles. The van der Waals surface area contributed by atoms with E-state index in [1.54, 1.807) is 35.1 Å². The minimum absolute atomic E-state index is 0.132. The fourth-order valence-corrected chi connectivity index (χ4v) is 4.34. The summed E-state index contributed by atoms with van der Waals surface area (Å²) in [5, 5.41) is 11.4. The first-order chi connectivity index (χ1) is 15.0. The summed E-state index contributed by atoms with van der Waals surface area (Å²) < 4.78 is 1.75. The topological polar surface area (TPSA) is 76.0 Å². The van der Waals surface area contributed by atoms with Gasteiger partial charge in [0, 0.05) is 28.4 Å². The largest absolute Gasteiger partial charge is 0.343 e. The number of benzene rings is 2. The number of halogens is 1. The standard InChI is InChI=1S/C24H21ClN4O2/c1-14-5-7-15(8-6-14)22-21-19(3-2-4-20(21)30)28-23-18(13-26-29(22)23)24(31)27-17-11-9-16(25)10-12-17/h5-13,22,28H,2-4H2,1H3,(H,27,31)/t22-/m0/s1. The molecule has 1 aliphatic carbocycles. The number of hydrogen-bond donors (Lipinski definition) is 2. The molecule has 2 N–H and O–H groups in total. The Morgan fingerprint density at radius 2 is 1.87 bits per heavy atom. The number of rotatable bonds is 3. The van der Waals surface area contributed by atoms with Gasteiger partial charge < -0.3 is 10.6 Å². The molecular formula is C24H21ClN4O2. The van der Waals surface area contributed by atoms with Crippen molar-refractivity contribution in [2.45, 2.75) is 32.2 Å². The van der Waals surface area contributed by atoms with Gasteiger partial charge in [0.15, 0.2) is 5.78 Å². The van der Waals surface area contributed by atoms with E-state index >= 15 is 0 Å². The van der Waals surface area contributed by atoms with Crippen molar-refractivity contribution in [3.8, 4) is 0 Å². The number of fused-ring (bicyclic) bond motifs is 1. The van der Waals surface area contributed by atoms with Crippen LogP contribution in [0.4, 0.5) is 11.5 Å². The van der Waals surface area contributed by atoms with Crippen LogP contribution in [0.5, 0.6) is 0 Å². The van der Waals surface area contributed by atoms with Crippen molar-refractivity contribution in [2.24, 2.45) is 0 Å². The summed E-state index contributed by atoms with van der Waals surface area (Å²) in [6.45, 7) is 2.03. The van der Waals surface area contributed by atoms with Gasteiger partial charge in [0.1, 0.15) is 17.4 Å². The van der Waals surface area contributed by atoms with Crippen molar-refractivity contribution >= 4 is 34.8 Å². The highest BCUT2D eigenvalue weighted by Crippen LogP contribution is 2.41. The zero-order valence-corrected chi connectivity index (χ0v) is 17.7. The Balaban J connectivity index is 1.56. The van der Waals surface area contributed by atoms with Gasteiger partial charge in [0.2, 0.25) is 0 Å². The molecule has 1 amide bonds. The van der Waals surface area contributed by atoms with E-state index in [1.165, 1.54) is 0 Å². The molecule has 2 aliphatic rings. The van der Waals surface area contributed by atoms with Gasteiger partial charge >= 0.3 is 0 Å². The molecule has 5 rings (SSSR count). The maximum Gasteiger partial charge on any atom is 0.261 e. The summed E-state index contributed by atoms with van der Waals surface area (Å²) in [5.41, 5.74) is 4.82. The molecule has 156 valence electrons. The molecule has 1 aromatic heterocycles. The third kappa shape index (κ3) is 3.53. The minimum Gasteiger partial charge on any atom is -0.343 e. The predicted octanol–water partition coefficient (Wildman–Crippen LogP) is 5.12. The van der Waals surface area contributed by atoms with E-state index in [1.807, 2.05) is 31.2 Å². The molecule has 31 heavy (non-hydrogen) atoms. The smallest absolute Gasteiger partial charge is 0.261 e. The lowest BCUT2D eigenvalue weighted by molar-refractivity contribution is -0.116. The van der Waals surface area contributed by atoms with Crippen LogP contribution in [0.3, 0.4) is 0 Å². The van der Waals surface area contributed by atoms with E-state index in [0.717, 1.165) is 35.2 Å². The number of Topliss-reactive ketones (excluding diaryl/α,β-unsaturated/α-hetero) is 1. The number of allylic oxidation sites excluding steroid dienone is 2. The van der Waals surface area contributed by atoms with E-state index in [0.29, 0.717) is 28.5 Å². The molecule has 3 aromatic rings. The van der Waals surface area contributed by atoms with Gasteiger partial charge in [-0.1, -0.05) is 41.4 Å². The zero-order valence-electron chi connectivity index (χ0n) is 17.0. The summed E-state index contributed by atoms with van der Waals surface area (Å²) in [5.74, 6) is 0.461. The maximum absolute atomic E-state index is 13.0. The maximum atomic E-state index is 13.0. The molecule has 0 saturated carbocycles. The van der Waals surface area contributed by atoms with E-state index in [2.05, 4.69) is 15.7 Å². The van der Waals surface area contributed by atoms with Crippen LogP contribution in [0.15, 0.2) is 66.0 Å². The third-order valence-electron chi connectivity index (χ3n) is 5.78. The highest BCUT2D eigenvalue weighted by molar-refractivity contribution is 6.30. The summed E-state index contributed by atoms with van der Waals surface area (Å²) >= 11 is 5.93. The highest BCUT2D eigenvalue weighted by Gasteiger charge is 2.37. The first-order valence-electron chi connectivity index (χ1n) is 10.3. The molecule has 0 radical (unpaired) electrons. The van der Waals surface area contributed by atoms with Gasteiger partial charge in [-0.3, -0.25) is 9.59 Å². The normalized spacial score (nSPS) is 17.6. The Morgan fingerprint density at radius 3 is 2.61 bits per heavy atom. The first kappa shape index (κ1) is 19.6. The molecular weight excluding hydrogens is 412 g/mol. The fourth-order valence-electron chi connectivity index (χ4n) is 4.21. The number of carbonyl (C=O) groups excluding carboxylic acids is 2. The number of amides is 1. The minimum atomic E-state index is -0.350. The second kappa shape index (κ2) is 7.71. The first-order valence-corrected chi connectivity index (χ1v) is 10.6. The number of nitrogens with zero attached hydrogens (tertiary/aromatic N) is 2. The Labute approximate surface area is 184 Å². The molecule has 2 heterocycles. The molecule has 6 nitrogen and oxygen atoms in total. The lowest BCUT2D eigenvalue weighted by Gasteiger charge is -2.33. The molecule has 1 atom stereocenters. The zero-order chi connectivity index (χ0) is 21.5. The Kier molecular flexibility index (Phi) is 4.87. The number of aromatic nitrogens is 2. The molecule has 2 aromatic carbocycles. The van der Waals surface area contributed by atoms with Crippen molar-refractivity contribution in [3.63, 3.8) is 0 Å². The van der Waals surface area contributed by atoms with Crippen LogP contribution >= 0.6 is 11.6 Å². The SMILES string of the molecule is Cc1ccc([C@H]2C3=C(CCCC3=O)Nc3c(C(=O)Nc4ccc(Cl)cc4)cnn32)cc1. The Morgan fingerprint density at radius 1 is 1.13 bits per heavy atom. The van der Waals surface area contributed by atoms with Crippen LogP contribution in [0, 0.1) is 6.92 Å². The second-order valence-corrected chi connectivity index (χ2v) is 8.36. The number of ketones is 1. The van der Waals surface area contributed by atoms with Crippen LogP contribution in [0.1, 0.15) is 46.8 Å². The number of carbonyl (C=O) groups is 2. The number of anilines is 2. The summed E-state index contributed by atoms with van der Waals surface area (Å²) in [6, 6.07) is 14.7. The third-order valence-corrected chi connectivity index (χ3v) is 6.03. The molecule has 0 bridgehead atoms. The van der Waals surface area contributed by atoms with Gasteiger partial charge in [-0.2, -0.15) is 5.10 Å². The lowest BCUT2D eigenvalue weighted by Crippen LogP contribution is -2.32. The van der Waals surface area contributed by atoms with E-state index < -0.39 is 0 Å². The van der Waals surface area contributed by atoms with Crippen LogP contribution in [-0.2, 0) is 4.79 Å². The van der Waals surface area contributed by atoms with E-state index in [4.69, 9.17) is 11.6 Å². The quantitative estimate of drug-likeness (QED) is 0.602. The fraction of sp³-hybridized carbons (Fsp3) is 0.208. The van der Waals surface area contributed by atoms with E-state index in [-0.39, 0.29) is 17.7 Å². The molecule has 0 unspecified atom stereocenters. The summed E-state index contributed by atoms with van der Waals surface area (Å²) in [6.07, 6.45) is 3.65. The summed E-state index contributed by atoms with van der Waals surface area (Å²) in [4.78, 5) is 25.9. The van der Waals surface area contributed by atoms with Gasteiger partial charge in [0.25, 0.3) is 5.91 Å². The van der Waals surface area contributed by atoms with Gasteiger partial charge in [-0.05, 0) is 49.6 Å². The number of nitrogens with one attached hydrogen (secondary N) is 2. The van der Waals surface area contributed by atoms with Crippen molar-refractivity contribution in [2.75, 3.05) is 10.6 Å². The molecule has 0 spiro atoms. The Bertz CT molecular complexity index is 1210. The van der Waals surface area contributed by atoms with Crippen molar-refractivity contribution in [3.05, 3.63) is 87.7 Å². The predicted molar refractivity (Wildman–Crippen MR) is 120 cm³/mol. The summed E-state index contributed by atoms with van der Waals surface area (Å²) in [7, 11) is 0. The van der Waals surface area contributed by atoms with Crippen molar-refractivity contribution < 1.29 is 9.59 Å². The molecule has 7 heteroatoms. The van der Waals surface area contributed by atoms with Crippen molar-refractivity contribution in [1.82, 2.24) is 9.78 Å².